The summed E-state index contributed by atoms with van der Waals surface area (Å²) in [4.78, 5) is 24.8. The minimum absolute atomic E-state index is 0.302. The van der Waals surface area contributed by atoms with Gasteiger partial charge in [0.2, 0.25) is 0 Å². The monoisotopic (exact) mass is 243 g/mol. The van der Waals surface area contributed by atoms with Crippen molar-refractivity contribution in [3.8, 4) is 0 Å². The highest BCUT2D eigenvalue weighted by molar-refractivity contribution is 5.82. The number of ether oxygens (including phenoxy) is 2. The molecule has 1 heterocycles. The molecule has 0 N–H and O–H groups in total. The number of nitrogens with zero attached hydrogens (tertiary/aromatic N) is 1. The van der Waals surface area contributed by atoms with Gasteiger partial charge in [-0.25, -0.2) is 9.59 Å². The van der Waals surface area contributed by atoms with Gasteiger partial charge in [0.25, 0.3) is 0 Å². The standard InChI is InChI=1S/C12H21NO4/c1-3-5-9-17-11(14)10-7-6-8-13(10)12(15)16-4-2/h10H,3-9H2,1-2H3. The molecule has 0 aromatic heterocycles. The average molecular weight is 243 g/mol. The molecule has 17 heavy (non-hydrogen) atoms. The molecule has 98 valence electrons. The van der Waals surface area contributed by atoms with Crippen LogP contribution >= 0.6 is 0 Å². The van der Waals surface area contributed by atoms with Gasteiger partial charge < -0.3 is 9.47 Å². The number of amides is 1. The molecule has 0 saturated carbocycles. The number of esters is 1. The van der Waals surface area contributed by atoms with Crippen LogP contribution in [0, 0.1) is 0 Å². The Morgan fingerprint density at radius 3 is 2.71 bits per heavy atom. The number of likely N-dealkylation sites (tertiary alicyclic amines) is 1. The van der Waals surface area contributed by atoms with Crippen LogP contribution in [0.15, 0.2) is 0 Å². The first-order chi connectivity index (χ1) is 8.20. The van der Waals surface area contributed by atoms with Gasteiger partial charge in [-0.15, -0.1) is 0 Å². The summed E-state index contributed by atoms with van der Waals surface area (Å²) >= 11 is 0. The molecule has 0 spiro atoms. The van der Waals surface area contributed by atoms with Crippen LogP contribution in [0.3, 0.4) is 0 Å². The van der Waals surface area contributed by atoms with Gasteiger partial charge in [-0.05, 0) is 26.2 Å². The molecular weight excluding hydrogens is 222 g/mol. The van der Waals surface area contributed by atoms with E-state index in [1.807, 2.05) is 6.92 Å². The van der Waals surface area contributed by atoms with E-state index < -0.39 is 12.1 Å². The van der Waals surface area contributed by atoms with Gasteiger partial charge in [0.15, 0.2) is 0 Å². The highest BCUT2D eigenvalue weighted by Gasteiger charge is 2.35. The maximum absolute atomic E-state index is 11.8. The third kappa shape index (κ3) is 3.91. The molecule has 0 aromatic rings. The van der Waals surface area contributed by atoms with E-state index in [1.165, 1.54) is 4.90 Å². The van der Waals surface area contributed by atoms with E-state index in [4.69, 9.17) is 9.47 Å². The van der Waals surface area contributed by atoms with Crippen LogP contribution in [0.25, 0.3) is 0 Å². The second-order valence-corrected chi connectivity index (χ2v) is 4.07. The van der Waals surface area contributed by atoms with Gasteiger partial charge in [0.1, 0.15) is 6.04 Å². The van der Waals surface area contributed by atoms with Gasteiger partial charge in [-0.1, -0.05) is 13.3 Å². The van der Waals surface area contributed by atoms with Crippen molar-refractivity contribution in [3.63, 3.8) is 0 Å². The maximum Gasteiger partial charge on any atom is 0.410 e. The zero-order chi connectivity index (χ0) is 12.7. The maximum atomic E-state index is 11.8. The molecule has 1 unspecified atom stereocenters. The van der Waals surface area contributed by atoms with E-state index in [-0.39, 0.29) is 5.97 Å². The molecule has 5 heteroatoms. The first-order valence-corrected chi connectivity index (χ1v) is 6.30. The van der Waals surface area contributed by atoms with Crippen LogP contribution in [0.2, 0.25) is 0 Å². The van der Waals surface area contributed by atoms with Gasteiger partial charge in [0.05, 0.1) is 13.2 Å². The molecule has 5 nitrogen and oxygen atoms in total. The summed E-state index contributed by atoms with van der Waals surface area (Å²) in [6.07, 6.45) is 2.93. The highest BCUT2D eigenvalue weighted by atomic mass is 16.6. The summed E-state index contributed by atoms with van der Waals surface area (Å²) in [5.74, 6) is -0.302. The van der Waals surface area contributed by atoms with Crippen molar-refractivity contribution in [1.29, 1.82) is 0 Å². The van der Waals surface area contributed by atoms with E-state index >= 15 is 0 Å². The molecule has 0 aromatic carbocycles. The molecule has 1 aliphatic rings. The van der Waals surface area contributed by atoms with Crippen LogP contribution in [0.5, 0.6) is 0 Å². The zero-order valence-electron chi connectivity index (χ0n) is 10.6. The lowest BCUT2D eigenvalue weighted by Gasteiger charge is -2.22. The molecule has 0 radical (unpaired) electrons. The summed E-state index contributed by atoms with van der Waals surface area (Å²) in [5, 5.41) is 0. The van der Waals surface area contributed by atoms with Gasteiger partial charge in [-0.2, -0.15) is 0 Å². The van der Waals surface area contributed by atoms with Crippen LogP contribution in [-0.4, -0.2) is 42.8 Å². The van der Waals surface area contributed by atoms with Crippen molar-refractivity contribution in [2.75, 3.05) is 19.8 Å². The van der Waals surface area contributed by atoms with Gasteiger partial charge >= 0.3 is 12.1 Å². The lowest BCUT2D eigenvalue weighted by Crippen LogP contribution is -2.41. The first-order valence-electron chi connectivity index (χ1n) is 6.30. The third-order valence-corrected chi connectivity index (χ3v) is 2.77. The first kappa shape index (κ1) is 13.8. The van der Waals surface area contributed by atoms with E-state index in [2.05, 4.69) is 0 Å². The number of hydrogen-bond acceptors (Lipinski definition) is 4. The zero-order valence-corrected chi connectivity index (χ0v) is 10.6. The fourth-order valence-electron chi connectivity index (χ4n) is 1.85. The molecule has 1 atom stereocenters. The number of hydrogen-bond donors (Lipinski definition) is 0. The Labute approximate surface area is 102 Å². The lowest BCUT2D eigenvalue weighted by molar-refractivity contribution is -0.148. The van der Waals surface area contributed by atoms with Crippen LogP contribution < -0.4 is 0 Å². The van der Waals surface area contributed by atoms with Crippen LogP contribution in [-0.2, 0) is 14.3 Å². The predicted molar refractivity (Wildman–Crippen MR) is 62.6 cm³/mol. The summed E-state index contributed by atoms with van der Waals surface area (Å²) in [6.45, 7) is 5.12. The fourth-order valence-corrected chi connectivity index (χ4v) is 1.85. The molecule has 1 rings (SSSR count). The van der Waals surface area contributed by atoms with Gasteiger partial charge in [-0.3, -0.25) is 4.90 Å². The summed E-state index contributed by atoms with van der Waals surface area (Å²) in [7, 11) is 0. The average Bonchev–Trinajstić information content (AvgIpc) is 2.78. The lowest BCUT2D eigenvalue weighted by atomic mass is 10.2. The van der Waals surface area contributed by atoms with Crippen LogP contribution in [0.4, 0.5) is 4.79 Å². The Balaban J connectivity index is 2.44. The number of carbonyl (C=O) groups is 2. The van der Waals surface area contributed by atoms with Crippen molar-refractivity contribution >= 4 is 12.1 Å². The molecule has 1 aliphatic heterocycles. The van der Waals surface area contributed by atoms with E-state index in [0.717, 1.165) is 19.3 Å². The Morgan fingerprint density at radius 1 is 1.29 bits per heavy atom. The summed E-state index contributed by atoms with van der Waals surface area (Å²) < 4.78 is 10.0. The molecular formula is C12H21NO4. The number of carbonyl (C=O) groups excluding carboxylic acids is 2. The number of rotatable bonds is 5. The molecule has 1 saturated heterocycles. The largest absolute Gasteiger partial charge is 0.464 e. The Morgan fingerprint density at radius 2 is 2.06 bits per heavy atom. The Bertz CT molecular complexity index is 267. The highest BCUT2D eigenvalue weighted by Crippen LogP contribution is 2.19. The van der Waals surface area contributed by atoms with E-state index in [9.17, 15) is 9.59 Å². The molecule has 1 amide bonds. The minimum Gasteiger partial charge on any atom is -0.464 e. The van der Waals surface area contributed by atoms with Crippen molar-refractivity contribution in [1.82, 2.24) is 4.90 Å². The van der Waals surface area contributed by atoms with Crippen molar-refractivity contribution in [2.45, 2.75) is 45.6 Å². The summed E-state index contributed by atoms with van der Waals surface area (Å²) in [6, 6.07) is -0.453. The van der Waals surface area contributed by atoms with E-state index in [0.29, 0.717) is 26.2 Å². The normalized spacial score (nSPS) is 19.2. The number of unbranched alkanes of at least 4 members (excludes halogenated alkanes) is 1. The van der Waals surface area contributed by atoms with E-state index in [1.54, 1.807) is 6.92 Å². The van der Waals surface area contributed by atoms with Crippen molar-refractivity contribution < 1.29 is 19.1 Å². The van der Waals surface area contributed by atoms with Gasteiger partial charge in [0, 0.05) is 6.54 Å². The second kappa shape index (κ2) is 7.14. The fraction of sp³-hybridized carbons (Fsp3) is 0.833. The topological polar surface area (TPSA) is 55.8 Å². The Hall–Kier alpha value is -1.26. The Kier molecular flexibility index (Phi) is 5.80. The SMILES string of the molecule is CCCCOC(=O)C1CCCN1C(=O)OCC. The van der Waals surface area contributed by atoms with Crippen molar-refractivity contribution in [3.05, 3.63) is 0 Å². The second-order valence-electron chi connectivity index (χ2n) is 4.07. The smallest absolute Gasteiger partial charge is 0.410 e. The predicted octanol–water partition coefficient (Wildman–Crippen LogP) is 1.95. The molecule has 1 fully saturated rings. The third-order valence-electron chi connectivity index (χ3n) is 2.77. The molecule has 0 bridgehead atoms. The van der Waals surface area contributed by atoms with Crippen molar-refractivity contribution in [2.24, 2.45) is 0 Å². The summed E-state index contributed by atoms with van der Waals surface area (Å²) in [5.41, 5.74) is 0. The molecule has 0 aliphatic carbocycles. The minimum atomic E-state index is -0.453. The van der Waals surface area contributed by atoms with Crippen LogP contribution in [0.1, 0.15) is 39.5 Å². The quantitative estimate of drug-likeness (QED) is 0.547.